The number of hydrogen-bond donors (Lipinski definition) is 1. The molecular weight excluding hydrogens is 335 g/mol. The molecule has 4 nitrogen and oxygen atoms in total. The van der Waals surface area contributed by atoms with Crippen LogP contribution >= 0.6 is 23.2 Å². The average molecular weight is 347 g/mol. The van der Waals surface area contributed by atoms with E-state index in [-0.39, 0.29) is 6.61 Å². The Labute approximate surface area is 143 Å². The fraction of sp³-hybridized carbons (Fsp3) is 0.0588. The van der Waals surface area contributed by atoms with Crippen LogP contribution in [0.2, 0.25) is 10.0 Å². The Morgan fingerprint density at radius 3 is 2.48 bits per heavy atom. The molecule has 0 aromatic heterocycles. The molecule has 23 heavy (non-hydrogen) atoms. The molecule has 1 amide bonds. The third-order valence-corrected chi connectivity index (χ3v) is 3.46. The van der Waals surface area contributed by atoms with Gasteiger partial charge in [0, 0.05) is 5.02 Å². The van der Waals surface area contributed by atoms with Gasteiger partial charge in [-0.15, -0.1) is 0 Å². The number of nitriles is 1. The zero-order valence-corrected chi connectivity index (χ0v) is 13.4. The minimum absolute atomic E-state index is 0.247. The molecule has 0 radical (unpaired) electrons. The number of hydrogen-bond acceptors (Lipinski definition) is 3. The van der Waals surface area contributed by atoms with Crippen molar-refractivity contribution in [2.45, 2.75) is 0 Å². The van der Waals surface area contributed by atoms with Crippen LogP contribution in [0.5, 0.6) is 5.75 Å². The maximum Gasteiger partial charge on any atom is 0.255 e. The van der Waals surface area contributed by atoms with E-state index in [0.29, 0.717) is 21.4 Å². The van der Waals surface area contributed by atoms with Gasteiger partial charge in [0.05, 0.1) is 16.7 Å². The van der Waals surface area contributed by atoms with Crippen molar-refractivity contribution in [2.24, 2.45) is 5.73 Å². The highest BCUT2D eigenvalue weighted by Crippen LogP contribution is 2.27. The van der Waals surface area contributed by atoms with Gasteiger partial charge in [-0.3, -0.25) is 4.79 Å². The number of nitrogens with two attached hydrogens (primary N) is 1. The fourth-order valence-electron chi connectivity index (χ4n) is 1.85. The summed E-state index contributed by atoms with van der Waals surface area (Å²) in [7, 11) is 0. The Balaban J connectivity index is 2.27. The van der Waals surface area contributed by atoms with Crippen molar-refractivity contribution in [3.05, 3.63) is 63.6 Å². The van der Waals surface area contributed by atoms with Gasteiger partial charge in [-0.1, -0.05) is 41.4 Å². The number of rotatable bonds is 5. The highest BCUT2D eigenvalue weighted by atomic mass is 35.5. The zero-order chi connectivity index (χ0) is 16.8. The van der Waals surface area contributed by atoms with E-state index in [0.717, 1.165) is 11.1 Å². The number of ether oxygens (including phenoxy) is 1. The van der Waals surface area contributed by atoms with E-state index in [1.165, 1.54) is 0 Å². The Bertz CT molecular complexity index is 793. The van der Waals surface area contributed by atoms with Gasteiger partial charge in [-0.25, -0.2) is 0 Å². The maximum atomic E-state index is 10.7. The molecule has 2 aromatic carbocycles. The van der Waals surface area contributed by atoms with Crippen molar-refractivity contribution in [2.75, 3.05) is 6.61 Å². The van der Waals surface area contributed by atoms with Gasteiger partial charge in [-0.2, -0.15) is 5.26 Å². The molecule has 0 aliphatic heterocycles. The molecule has 6 heteroatoms. The summed E-state index contributed by atoms with van der Waals surface area (Å²) in [5, 5.41) is 10.2. The molecule has 0 saturated heterocycles. The van der Waals surface area contributed by atoms with Crippen LogP contribution in [0, 0.1) is 11.3 Å². The number of halogens is 2. The summed E-state index contributed by atoms with van der Waals surface area (Å²) >= 11 is 11.9. The number of allylic oxidation sites excluding steroid dienone is 1. The lowest BCUT2D eigenvalue weighted by molar-refractivity contribution is -0.119. The predicted octanol–water partition coefficient (Wildman–Crippen LogP) is 3.92. The SMILES string of the molecule is N#C/C(=C\c1ccc(OCC(N)=O)c(Cl)c1)c1ccc(Cl)cc1. The second-order valence-electron chi connectivity index (χ2n) is 4.62. The van der Waals surface area contributed by atoms with Crippen molar-refractivity contribution < 1.29 is 9.53 Å². The van der Waals surface area contributed by atoms with Crippen molar-refractivity contribution >= 4 is 40.8 Å². The van der Waals surface area contributed by atoms with Gasteiger partial charge in [0.1, 0.15) is 5.75 Å². The van der Waals surface area contributed by atoms with E-state index < -0.39 is 5.91 Å². The molecular formula is C17H12Cl2N2O2. The molecule has 0 aliphatic carbocycles. The Morgan fingerprint density at radius 1 is 1.22 bits per heavy atom. The van der Waals surface area contributed by atoms with Gasteiger partial charge in [0.25, 0.3) is 5.91 Å². The van der Waals surface area contributed by atoms with E-state index in [4.69, 9.17) is 33.7 Å². The second kappa shape index (κ2) is 7.68. The zero-order valence-electron chi connectivity index (χ0n) is 11.9. The standard InChI is InChI=1S/C17H12Cl2N2O2/c18-14-4-2-12(3-5-14)13(9-20)7-11-1-6-16(15(19)8-11)23-10-17(21)22/h1-8H,10H2,(H2,21,22)/b13-7+. The summed E-state index contributed by atoms with van der Waals surface area (Å²) in [5.74, 6) is -0.229. The molecule has 2 N–H and O–H groups in total. The van der Waals surface area contributed by atoms with Gasteiger partial charge >= 0.3 is 0 Å². The minimum Gasteiger partial charge on any atom is -0.482 e. The minimum atomic E-state index is -0.584. The summed E-state index contributed by atoms with van der Waals surface area (Å²) in [6.45, 7) is -0.247. The Kier molecular flexibility index (Phi) is 5.64. The number of carbonyl (C=O) groups excluding carboxylic acids is 1. The number of carbonyl (C=O) groups is 1. The van der Waals surface area contributed by atoms with Crippen molar-refractivity contribution in [1.82, 2.24) is 0 Å². The van der Waals surface area contributed by atoms with E-state index in [2.05, 4.69) is 6.07 Å². The average Bonchev–Trinajstić information content (AvgIpc) is 2.52. The number of primary amides is 1. The van der Waals surface area contributed by atoms with Crippen LogP contribution < -0.4 is 10.5 Å². The maximum absolute atomic E-state index is 10.7. The molecule has 2 aromatic rings. The van der Waals surface area contributed by atoms with Gasteiger partial charge in [0.15, 0.2) is 6.61 Å². The largest absolute Gasteiger partial charge is 0.482 e. The lowest BCUT2D eigenvalue weighted by atomic mass is 10.0. The summed E-state index contributed by atoms with van der Waals surface area (Å²) in [4.78, 5) is 10.7. The lowest BCUT2D eigenvalue weighted by Gasteiger charge is -2.07. The van der Waals surface area contributed by atoms with Crippen LogP contribution in [0.25, 0.3) is 11.6 Å². The fourth-order valence-corrected chi connectivity index (χ4v) is 2.22. The molecule has 0 atom stereocenters. The highest BCUT2D eigenvalue weighted by Gasteiger charge is 2.06. The van der Waals surface area contributed by atoms with Crippen LogP contribution in [0.1, 0.15) is 11.1 Å². The third-order valence-electron chi connectivity index (χ3n) is 2.91. The smallest absolute Gasteiger partial charge is 0.255 e. The van der Waals surface area contributed by atoms with Gasteiger partial charge in [-0.05, 0) is 41.5 Å². The third kappa shape index (κ3) is 4.75. The van der Waals surface area contributed by atoms with Crippen LogP contribution in [-0.4, -0.2) is 12.5 Å². The van der Waals surface area contributed by atoms with Gasteiger partial charge in [0.2, 0.25) is 0 Å². The molecule has 0 fully saturated rings. The highest BCUT2D eigenvalue weighted by molar-refractivity contribution is 6.32. The molecule has 0 heterocycles. The number of amides is 1. The van der Waals surface area contributed by atoms with E-state index >= 15 is 0 Å². The monoisotopic (exact) mass is 346 g/mol. The summed E-state index contributed by atoms with van der Waals surface area (Å²) in [5.41, 5.74) is 6.97. The second-order valence-corrected chi connectivity index (χ2v) is 5.47. The molecule has 0 unspecified atom stereocenters. The quantitative estimate of drug-likeness (QED) is 0.658. The Hall–Kier alpha value is -2.48. The lowest BCUT2D eigenvalue weighted by Crippen LogP contribution is -2.20. The first-order chi connectivity index (χ1) is 11.0. The number of benzene rings is 2. The van der Waals surface area contributed by atoms with Crippen molar-refractivity contribution in [3.8, 4) is 11.8 Å². The van der Waals surface area contributed by atoms with Gasteiger partial charge < -0.3 is 10.5 Å². The molecule has 0 spiro atoms. The van der Waals surface area contributed by atoms with E-state index in [1.54, 1.807) is 48.5 Å². The van der Waals surface area contributed by atoms with Crippen LogP contribution in [0.4, 0.5) is 0 Å². The predicted molar refractivity (Wildman–Crippen MR) is 91.1 cm³/mol. The normalized spacial score (nSPS) is 10.9. The van der Waals surface area contributed by atoms with Crippen LogP contribution in [0.15, 0.2) is 42.5 Å². The molecule has 0 bridgehead atoms. The summed E-state index contributed by atoms with van der Waals surface area (Å²) < 4.78 is 5.18. The summed E-state index contributed by atoms with van der Waals surface area (Å²) in [6, 6.07) is 14.1. The first kappa shape index (κ1) is 16.9. The molecule has 116 valence electrons. The Morgan fingerprint density at radius 2 is 1.91 bits per heavy atom. The van der Waals surface area contributed by atoms with Crippen LogP contribution in [0.3, 0.4) is 0 Å². The molecule has 2 rings (SSSR count). The molecule has 0 saturated carbocycles. The topological polar surface area (TPSA) is 76.1 Å². The molecule has 0 aliphatic rings. The van der Waals surface area contributed by atoms with Crippen molar-refractivity contribution in [3.63, 3.8) is 0 Å². The van der Waals surface area contributed by atoms with E-state index in [1.807, 2.05) is 0 Å². The summed E-state index contributed by atoms with van der Waals surface area (Å²) in [6.07, 6.45) is 1.70. The van der Waals surface area contributed by atoms with Crippen molar-refractivity contribution in [1.29, 1.82) is 5.26 Å². The first-order valence-corrected chi connectivity index (χ1v) is 7.33. The van der Waals surface area contributed by atoms with E-state index in [9.17, 15) is 10.1 Å². The number of nitrogens with zero attached hydrogens (tertiary/aromatic N) is 1. The van der Waals surface area contributed by atoms with Crippen LogP contribution in [-0.2, 0) is 4.79 Å². The first-order valence-electron chi connectivity index (χ1n) is 6.58.